The first kappa shape index (κ1) is 5.81. The minimum absolute atomic E-state index is 0.838. The maximum atomic E-state index is 9.78. The Morgan fingerprint density at radius 3 is 2.57 bits per heavy atom. The van der Waals surface area contributed by atoms with Crippen LogP contribution in [0.4, 0.5) is 0 Å². The van der Waals surface area contributed by atoms with Crippen molar-refractivity contribution in [1.82, 2.24) is 0 Å². The Balaban J connectivity index is 3.36. The van der Waals surface area contributed by atoms with Crippen LogP contribution in [0.1, 0.15) is 0 Å². The normalized spacial score (nSPS) is 6.86. The molecule has 0 atom stereocenters. The summed E-state index contributed by atoms with van der Waals surface area (Å²) < 4.78 is 0. The maximum absolute atomic E-state index is 9.78. The SMILES string of the molecule is C=CC(=O)ON=O. The van der Waals surface area contributed by atoms with Gasteiger partial charge in [0, 0.05) is 6.08 Å². The van der Waals surface area contributed by atoms with Gasteiger partial charge in [0.2, 0.25) is 0 Å². The summed E-state index contributed by atoms with van der Waals surface area (Å²) in [7, 11) is 0. The van der Waals surface area contributed by atoms with Crippen LogP contribution < -0.4 is 0 Å². The van der Waals surface area contributed by atoms with Crippen LogP contribution in [0.25, 0.3) is 0 Å². The second kappa shape index (κ2) is 3.02. The first-order chi connectivity index (χ1) is 3.31. The van der Waals surface area contributed by atoms with Crippen molar-refractivity contribution in [2.45, 2.75) is 0 Å². The van der Waals surface area contributed by atoms with Crippen LogP contribution in [0.15, 0.2) is 18.0 Å². The number of hydrogen-bond acceptors (Lipinski definition) is 4. The van der Waals surface area contributed by atoms with Crippen LogP contribution in [-0.2, 0) is 9.63 Å². The van der Waals surface area contributed by atoms with E-state index in [0.29, 0.717) is 0 Å². The lowest BCUT2D eigenvalue weighted by Gasteiger charge is -1.77. The van der Waals surface area contributed by atoms with Crippen molar-refractivity contribution in [1.29, 1.82) is 0 Å². The van der Waals surface area contributed by atoms with Crippen LogP contribution in [0.3, 0.4) is 0 Å². The molecule has 0 radical (unpaired) electrons. The summed E-state index contributed by atoms with van der Waals surface area (Å²) in [5.74, 6) is -0.838. The van der Waals surface area contributed by atoms with Crippen LogP contribution >= 0.6 is 0 Å². The van der Waals surface area contributed by atoms with E-state index in [1.165, 1.54) is 0 Å². The molecule has 0 amide bonds. The van der Waals surface area contributed by atoms with E-state index in [1.54, 1.807) is 0 Å². The van der Waals surface area contributed by atoms with E-state index in [1.807, 2.05) is 5.34 Å². The highest BCUT2D eigenvalue weighted by Crippen LogP contribution is 1.75. The molecule has 7 heavy (non-hydrogen) atoms. The van der Waals surface area contributed by atoms with E-state index in [4.69, 9.17) is 4.91 Å². The molecular formula is C3H3NO3. The number of hydrogen-bond donors (Lipinski definition) is 0. The number of nitrogens with zero attached hydrogens (tertiary/aromatic N) is 1. The fourth-order valence-corrected chi connectivity index (χ4v) is 0.0740. The zero-order valence-electron chi connectivity index (χ0n) is 3.46. The van der Waals surface area contributed by atoms with E-state index in [2.05, 4.69) is 11.4 Å². The topological polar surface area (TPSA) is 55.7 Å². The van der Waals surface area contributed by atoms with Crippen molar-refractivity contribution in [3.05, 3.63) is 17.6 Å². The van der Waals surface area contributed by atoms with Crippen molar-refractivity contribution in [2.75, 3.05) is 0 Å². The quantitative estimate of drug-likeness (QED) is 0.287. The van der Waals surface area contributed by atoms with Gasteiger partial charge in [0.05, 0.1) is 0 Å². The number of rotatable bonds is 2. The standard InChI is InChI=1S/C3H3NO3/c1-2-3(5)7-4-6/h2H,1H2. The van der Waals surface area contributed by atoms with Gasteiger partial charge in [0.15, 0.2) is 5.34 Å². The van der Waals surface area contributed by atoms with Gasteiger partial charge >= 0.3 is 5.97 Å². The van der Waals surface area contributed by atoms with E-state index >= 15 is 0 Å². The Bertz CT molecular complexity index is 98.4. The summed E-state index contributed by atoms with van der Waals surface area (Å²) >= 11 is 0. The third-order valence-electron chi connectivity index (χ3n) is 0.294. The van der Waals surface area contributed by atoms with Gasteiger partial charge < -0.3 is 0 Å². The molecule has 0 rings (SSSR count). The Labute approximate surface area is 39.7 Å². The van der Waals surface area contributed by atoms with Gasteiger partial charge in [-0.25, -0.2) is 4.79 Å². The molecule has 0 aromatic heterocycles. The molecule has 0 saturated carbocycles. The smallest absolute Gasteiger partial charge is 0.280 e. The molecule has 0 bridgehead atoms. The molecule has 0 spiro atoms. The van der Waals surface area contributed by atoms with E-state index in [0.717, 1.165) is 6.08 Å². The number of carbonyl (C=O) groups excluding carboxylic acids is 1. The summed E-state index contributed by atoms with van der Waals surface area (Å²) in [4.78, 5) is 22.3. The first-order valence-electron chi connectivity index (χ1n) is 1.47. The molecule has 4 heteroatoms. The van der Waals surface area contributed by atoms with Crippen molar-refractivity contribution < 1.29 is 9.63 Å². The van der Waals surface area contributed by atoms with Crippen LogP contribution in [0.5, 0.6) is 0 Å². The van der Waals surface area contributed by atoms with Gasteiger partial charge in [0.25, 0.3) is 0 Å². The lowest BCUT2D eigenvalue weighted by molar-refractivity contribution is -0.137. The van der Waals surface area contributed by atoms with Gasteiger partial charge in [0.1, 0.15) is 0 Å². The Kier molecular flexibility index (Phi) is 2.50. The monoisotopic (exact) mass is 101 g/mol. The average molecular weight is 101 g/mol. The summed E-state index contributed by atoms with van der Waals surface area (Å²) in [6.07, 6.45) is 0.849. The molecule has 0 saturated heterocycles. The fraction of sp³-hybridized carbons (Fsp3) is 0. The zero-order chi connectivity index (χ0) is 5.70. The minimum atomic E-state index is -0.838. The molecule has 0 heterocycles. The summed E-state index contributed by atoms with van der Waals surface area (Å²) in [6.45, 7) is 3.01. The first-order valence-corrected chi connectivity index (χ1v) is 1.47. The lowest BCUT2D eigenvalue weighted by Crippen LogP contribution is -1.90. The Morgan fingerprint density at radius 1 is 1.86 bits per heavy atom. The fourth-order valence-electron chi connectivity index (χ4n) is 0.0740. The largest absolute Gasteiger partial charge is 0.361 e. The van der Waals surface area contributed by atoms with Crippen molar-refractivity contribution in [3.63, 3.8) is 0 Å². The third kappa shape index (κ3) is 2.62. The van der Waals surface area contributed by atoms with Crippen LogP contribution in [-0.4, -0.2) is 5.97 Å². The summed E-state index contributed by atoms with van der Waals surface area (Å²) in [5.41, 5.74) is 0. The van der Waals surface area contributed by atoms with Gasteiger partial charge in [-0.2, -0.15) is 0 Å². The molecule has 0 aliphatic rings. The van der Waals surface area contributed by atoms with Gasteiger partial charge in [-0.05, 0) is 0 Å². The molecule has 0 unspecified atom stereocenters. The molecule has 0 N–H and O–H groups in total. The van der Waals surface area contributed by atoms with Gasteiger partial charge in [-0.1, -0.05) is 6.58 Å². The zero-order valence-corrected chi connectivity index (χ0v) is 3.46. The minimum Gasteiger partial charge on any atom is -0.280 e. The number of carbonyl (C=O) groups is 1. The molecular weight excluding hydrogens is 98.0 g/mol. The van der Waals surface area contributed by atoms with E-state index in [9.17, 15) is 4.79 Å². The average Bonchev–Trinajstić information content (AvgIpc) is 1.68. The molecule has 0 aromatic rings. The van der Waals surface area contributed by atoms with E-state index < -0.39 is 5.97 Å². The summed E-state index contributed by atoms with van der Waals surface area (Å²) in [6, 6.07) is 0. The van der Waals surface area contributed by atoms with Crippen LogP contribution in [0.2, 0.25) is 0 Å². The second-order valence-corrected chi connectivity index (χ2v) is 0.689. The Hall–Kier alpha value is -1.19. The van der Waals surface area contributed by atoms with Crippen LogP contribution in [0, 0.1) is 4.91 Å². The molecule has 38 valence electrons. The predicted molar refractivity (Wildman–Crippen MR) is 22.1 cm³/mol. The molecule has 0 fully saturated rings. The maximum Gasteiger partial charge on any atom is 0.361 e. The molecule has 0 aliphatic heterocycles. The summed E-state index contributed by atoms with van der Waals surface area (Å²) in [5, 5.41) is 1.84. The highest BCUT2D eigenvalue weighted by Gasteiger charge is 1.89. The van der Waals surface area contributed by atoms with Gasteiger partial charge in [-0.3, -0.25) is 4.84 Å². The molecule has 0 aliphatic carbocycles. The van der Waals surface area contributed by atoms with Crippen molar-refractivity contribution in [2.24, 2.45) is 5.34 Å². The van der Waals surface area contributed by atoms with Crippen molar-refractivity contribution in [3.8, 4) is 0 Å². The van der Waals surface area contributed by atoms with Gasteiger partial charge in [-0.15, -0.1) is 4.91 Å². The highest BCUT2D eigenvalue weighted by molar-refractivity contribution is 5.80. The lowest BCUT2D eigenvalue weighted by atomic mass is 10.7. The predicted octanol–water partition coefficient (Wildman–Crippen LogP) is 0.397. The Morgan fingerprint density at radius 2 is 2.43 bits per heavy atom. The third-order valence-corrected chi connectivity index (χ3v) is 0.294. The highest BCUT2D eigenvalue weighted by atomic mass is 16.7. The van der Waals surface area contributed by atoms with E-state index in [-0.39, 0.29) is 0 Å². The molecule has 4 nitrogen and oxygen atoms in total. The van der Waals surface area contributed by atoms with Crippen molar-refractivity contribution >= 4 is 5.97 Å². The second-order valence-electron chi connectivity index (χ2n) is 0.689. The molecule has 0 aromatic carbocycles.